The highest BCUT2D eigenvalue weighted by molar-refractivity contribution is 7.92. The third kappa shape index (κ3) is 7.82. The van der Waals surface area contributed by atoms with Crippen LogP contribution in [0.4, 0.5) is 5.69 Å². The molecule has 0 saturated heterocycles. The number of hydrogen-bond donors (Lipinski definition) is 1. The van der Waals surface area contributed by atoms with E-state index in [-0.39, 0.29) is 12.5 Å². The first-order valence-electron chi connectivity index (χ1n) is 12.6. The molecule has 8 nitrogen and oxygen atoms in total. The Kier molecular flexibility index (Phi) is 9.90. The van der Waals surface area contributed by atoms with E-state index < -0.39 is 28.5 Å². The Bertz CT molecular complexity index is 1310. The summed E-state index contributed by atoms with van der Waals surface area (Å²) in [5, 5.41) is 2.79. The number of rotatable bonds is 12. The summed E-state index contributed by atoms with van der Waals surface area (Å²) in [6, 6.07) is 22.7. The molecule has 0 radical (unpaired) electrons. The number of hydrogen-bond acceptors (Lipinski definition) is 5. The third-order valence-corrected chi connectivity index (χ3v) is 7.13. The number of benzene rings is 3. The molecule has 1 unspecified atom stereocenters. The first-order valence-corrected chi connectivity index (χ1v) is 14.4. The van der Waals surface area contributed by atoms with Crippen molar-refractivity contribution in [1.82, 2.24) is 10.2 Å². The van der Waals surface area contributed by atoms with Crippen molar-refractivity contribution < 1.29 is 22.7 Å². The second-order valence-electron chi connectivity index (χ2n) is 9.00. The van der Waals surface area contributed by atoms with Crippen LogP contribution in [-0.4, -0.2) is 50.5 Å². The summed E-state index contributed by atoms with van der Waals surface area (Å²) in [7, 11) is -3.82. The van der Waals surface area contributed by atoms with Gasteiger partial charge >= 0.3 is 0 Å². The third-order valence-electron chi connectivity index (χ3n) is 5.99. The van der Waals surface area contributed by atoms with Gasteiger partial charge in [0.2, 0.25) is 21.8 Å². The van der Waals surface area contributed by atoms with Gasteiger partial charge in [-0.05, 0) is 62.2 Å². The molecular formula is C29H35N3O5S. The molecule has 202 valence electrons. The molecule has 0 heterocycles. The maximum Gasteiger partial charge on any atom is 0.244 e. The number of sulfonamides is 1. The average Bonchev–Trinajstić information content (AvgIpc) is 2.89. The van der Waals surface area contributed by atoms with E-state index in [9.17, 15) is 18.0 Å². The van der Waals surface area contributed by atoms with Crippen LogP contribution in [0.1, 0.15) is 31.4 Å². The summed E-state index contributed by atoms with van der Waals surface area (Å²) in [6.07, 6.45) is 1.44. The smallest absolute Gasteiger partial charge is 0.244 e. The van der Waals surface area contributed by atoms with Gasteiger partial charge in [0.1, 0.15) is 24.1 Å². The molecule has 3 aromatic carbocycles. The maximum atomic E-state index is 13.7. The largest absolute Gasteiger partial charge is 0.457 e. The molecule has 1 atom stereocenters. The van der Waals surface area contributed by atoms with Crippen LogP contribution < -0.4 is 14.4 Å². The SMILES string of the molecule is CCNC(=O)C(CC)N(Cc1ccc(C)cc1)C(=O)CN(c1ccc(Oc2ccccc2)cc1)S(C)(=O)=O. The predicted octanol–water partition coefficient (Wildman–Crippen LogP) is 4.50. The lowest BCUT2D eigenvalue weighted by Crippen LogP contribution is -2.52. The highest BCUT2D eigenvalue weighted by Gasteiger charge is 2.31. The molecular weight excluding hydrogens is 502 g/mol. The van der Waals surface area contributed by atoms with Crippen molar-refractivity contribution in [2.24, 2.45) is 0 Å². The first-order chi connectivity index (χ1) is 18.1. The van der Waals surface area contributed by atoms with Crippen molar-refractivity contribution >= 4 is 27.5 Å². The van der Waals surface area contributed by atoms with E-state index >= 15 is 0 Å². The van der Waals surface area contributed by atoms with Crippen molar-refractivity contribution in [1.29, 1.82) is 0 Å². The highest BCUT2D eigenvalue weighted by atomic mass is 32.2. The van der Waals surface area contributed by atoms with Crippen LogP contribution in [0.5, 0.6) is 11.5 Å². The van der Waals surface area contributed by atoms with Crippen LogP contribution in [0, 0.1) is 6.92 Å². The number of anilines is 1. The average molecular weight is 538 g/mol. The molecule has 0 aliphatic rings. The highest BCUT2D eigenvalue weighted by Crippen LogP contribution is 2.26. The van der Waals surface area contributed by atoms with Gasteiger partial charge in [-0.15, -0.1) is 0 Å². The van der Waals surface area contributed by atoms with Gasteiger partial charge < -0.3 is 15.0 Å². The fourth-order valence-corrected chi connectivity index (χ4v) is 4.87. The number of amides is 2. The lowest BCUT2D eigenvalue weighted by molar-refractivity contribution is -0.140. The Morgan fingerprint density at radius 1 is 0.895 bits per heavy atom. The second kappa shape index (κ2) is 13.1. The van der Waals surface area contributed by atoms with Gasteiger partial charge in [0.15, 0.2) is 0 Å². The minimum atomic E-state index is -3.82. The number of nitrogens with zero attached hydrogens (tertiary/aromatic N) is 2. The van der Waals surface area contributed by atoms with Gasteiger partial charge in [-0.25, -0.2) is 8.42 Å². The van der Waals surface area contributed by atoms with Crippen LogP contribution in [-0.2, 0) is 26.2 Å². The Labute approximate surface area is 225 Å². The molecule has 1 N–H and O–H groups in total. The summed E-state index contributed by atoms with van der Waals surface area (Å²) >= 11 is 0. The van der Waals surface area contributed by atoms with Crippen LogP contribution in [0.25, 0.3) is 0 Å². The lowest BCUT2D eigenvalue weighted by atomic mass is 10.1. The quantitative estimate of drug-likeness (QED) is 0.367. The van der Waals surface area contributed by atoms with Gasteiger partial charge in [-0.2, -0.15) is 0 Å². The zero-order valence-electron chi connectivity index (χ0n) is 22.3. The summed E-state index contributed by atoms with van der Waals surface area (Å²) in [4.78, 5) is 28.0. The van der Waals surface area contributed by atoms with E-state index in [1.807, 2.05) is 75.4 Å². The molecule has 3 rings (SSSR count). The zero-order valence-corrected chi connectivity index (χ0v) is 23.1. The standard InChI is InChI=1S/C29H35N3O5S/c1-5-27(29(34)30-6-2)31(20-23-14-12-22(3)13-15-23)28(33)21-32(38(4,35)36)24-16-18-26(19-17-24)37-25-10-8-7-9-11-25/h7-19,27H,5-6,20-21H2,1-4H3,(H,30,34). The predicted molar refractivity (Wildman–Crippen MR) is 150 cm³/mol. The normalized spacial score (nSPS) is 11.9. The van der Waals surface area contributed by atoms with Gasteiger partial charge in [0.05, 0.1) is 11.9 Å². The van der Waals surface area contributed by atoms with Crippen molar-refractivity contribution in [2.45, 2.75) is 39.8 Å². The van der Waals surface area contributed by atoms with Crippen LogP contribution >= 0.6 is 0 Å². The molecule has 0 aliphatic carbocycles. The molecule has 0 bridgehead atoms. The van der Waals surface area contributed by atoms with E-state index in [1.165, 1.54) is 4.90 Å². The summed E-state index contributed by atoms with van der Waals surface area (Å²) in [5.41, 5.74) is 2.24. The van der Waals surface area contributed by atoms with Gasteiger partial charge in [0.25, 0.3) is 0 Å². The van der Waals surface area contributed by atoms with E-state index in [1.54, 1.807) is 24.3 Å². The van der Waals surface area contributed by atoms with E-state index in [0.717, 1.165) is 21.7 Å². The lowest BCUT2D eigenvalue weighted by Gasteiger charge is -2.32. The van der Waals surface area contributed by atoms with Crippen LogP contribution in [0.2, 0.25) is 0 Å². The van der Waals surface area contributed by atoms with Crippen molar-refractivity contribution in [3.63, 3.8) is 0 Å². The first kappa shape index (κ1) is 28.7. The molecule has 0 spiro atoms. The Morgan fingerprint density at radius 2 is 1.50 bits per heavy atom. The van der Waals surface area contributed by atoms with E-state index in [4.69, 9.17) is 4.74 Å². The minimum Gasteiger partial charge on any atom is -0.457 e. The van der Waals surface area contributed by atoms with Gasteiger partial charge in [-0.3, -0.25) is 13.9 Å². The Hall–Kier alpha value is -3.85. The number of likely N-dealkylation sites (N-methyl/N-ethyl adjacent to an activating group) is 1. The van der Waals surface area contributed by atoms with E-state index in [2.05, 4.69) is 5.32 Å². The van der Waals surface area contributed by atoms with Crippen LogP contribution in [0.3, 0.4) is 0 Å². The Morgan fingerprint density at radius 3 is 2.05 bits per heavy atom. The molecule has 3 aromatic rings. The molecule has 38 heavy (non-hydrogen) atoms. The summed E-state index contributed by atoms with van der Waals surface area (Å²) in [5.74, 6) is 0.434. The van der Waals surface area contributed by atoms with Crippen molar-refractivity contribution in [3.05, 3.63) is 90.0 Å². The van der Waals surface area contributed by atoms with Crippen molar-refractivity contribution in [2.75, 3.05) is 23.7 Å². The summed E-state index contributed by atoms with van der Waals surface area (Å²) in [6.45, 7) is 5.77. The topological polar surface area (TPSA) is 96.0 Å². The van der Waals surface area contributed by atoms with Crippen LogP contribution in [0.15, 0.2) is 78.9 Å². The molecule has 0 fully saturated rings. The zero-order chi connectivity index (χ0) is 27.7. The number of ether oxygens (including phenoxy) is 1. The molecule has 2 amide bonds. The maximum absolute atomic E-state index is 13.7. The number of carbonyl (C=O) groups is 2. The van der Waals surface area contributed by atoms with Gasteiger partial charge in [-0.1, -0.05) is 55.0 Å². The van der Waals surface area contributed by atoms with E-state index in [0.29, 0.717) is 30.2 Å². The van der Waals surface area contributed by atoms with Crippen molar-refractivity contribution in [3.8, 4) is 11.5 Å². The number of aryl methyl sites for hydroxylation is 1. The monoisotopic (exact) mass is 537 g/mol. The molecule has 0 aromatic heterocycles. The van der Waals surface area contributed by atoms with Gasteiger partial charge in [0, 0.05) is 13.1 Å². The number of carbonyl (C=O) groups excluding carboxylic acids is 2. The number of para-hydroxylation sites is 1. The number of nitrogens with one attached hydrogen (secondary N) is 1. The minimum absolute atomic E-state index is 0.177. The second-order valence-corrected chi connectivity index (χ2v) is 10.9. The fraction of sp³-hybridized carbons (Fsp3) is 0.310. The summed E-state index contributed by atoms with van der Waals surface area (Å²) < 4.78 is 32.4. The molecule has 0 saturated carbocycles. The Balaban J connectivity index is 1.88. The molecule has 9 heteroatoms. The molecule has 0 aliphatic heterocycles. The fourth-order valence-electron chi connectivity index (χ4n) is 4.02.